The molecule has 3 nitrogen and oxygen atoms in total. The Morgan fingerprint density at radius 2 is 1.14 bits per heavy atom. The number of thiol groups is 1. The second-order valence-corrected chi connectivity index (χ2v) is 9.14. The molecule has 0 aliphatic rings. The van der Waals surface area contributed by atoms with E-state index < -0.39 is 7.32 Å². The second-order valence-electron chi connectivity index (χ2n) is 6.10. The van der Waals surface area contributed by atoms with Gasteiger partial charge in [0.1, 0.15) is 0 Å². The predicted octanol–water partition coefficient (Wildman–Crippen LogP) is 6.74. The molecule has 152 valence electrons. The lowest BCUT2D eigenvalue weighted by Crippen LogP contribution is -2.36. The highest BCUT2D eigenvalue weighted by atomic mass is 32.2. The fourth-order valence-electron chi connectivity index (χ4n) is 2.28. The monoisotopic (exact) mass is 436 g/mol. The molecular formula is C21H29BO3S3. The normalized spacial score (nSPS) is 14.4. The molecule has 28 heavy (non-hydrogen) atoms. The Bertz CT molecular complexity index is 596. The van der Waals surface area contributed by atoms with Gasteiger partial charge >= 0.3 is 7.32 Å². The fraction of sp³-hybridized carbons (Fsp3) is 0.429. The predicted molar refractivity (Wildman–Crippen MR) is 125 cm³/mol. The van der Waals surface area contributed by atoms with Gasteiger partial charge in [-0.15, -0.1) is 12.6 Å². The molecule has 0 aliphatic heterocycles. The molecule has 0 saturated carbocycles. The molecule has 0 aromatic heterocycles. The van der Waals surface area contributed by atoms with Gasteiger partial charge in [0.2, 0.25) is 0 Å². The van der Waals surface area contributed by atoms with E-state index >= 15 is 0 Å². The molecule has 0 bridgehead atoms. The van der Waals surface area contributed by atoms with Crippen LogP contribution in [0.15, 0.2) is 70.5 Å². The van der Waals surface area contributed by atoms with Crippen molar-refractivity contribution in [2.24, 2.45) is 0 Å². The molecule has 0 amide bonds. The molecule has 3 unspecified atom stereocenters. The minimum atomic E-state index is -0.759. The number of hydrogen-bond donors (Lipinski definition) is 1. The summed E-state index contributed by atoms with van der Waals surface area (Å²) in [7, 11) is -0.759. The third-order valence-corrected chi connectivity index (χ3v) is 6.82. The van der Waals surface area contributed by atoms with Crippen molar-refractivity contribution in [3.8, 4) is 0 Å². The van der Waals surface area contributed by atoms with Gasteiger partial charge in [0.05, 0.1) is 16.3 Å². The molecule has 2 rings (SSSR count). The molecule has 3 atom stereocenters. The average molecular weight is 436 g/mol. The van der Waals surface area contributed by atoms with Crippen molar-refractivity contribution in [2.75, 3.05) is 0 Å². The van der Waals surface area contributed by atoms with Gasteiger partial charge in [0.25, 0.3) is 0 Å². The smallest absolute Gasteiger partial charge is 0.374 e. The van der Waals surface area contributed by atoms with Crippen LogP contribution in [0.4, 0.5) is 0 Å². The molecule has 2 aromatic rings. The summed E-state index contributed by atoms with van der Waals surface area (Å²) in [5.41, 5.74) is -0.364. The standard InChI is InChI=1S/C21H29BO3S3/c1-4-19(26)23-22(24-20(5-2)27-17-13-9-7-10-14-17)25-21(6-3)28-18-15-11-8-12-16-18/h7-16,19-21,26H,4-6H2,1-3H3. The molecule has 0 heterocycles. The molecular weight excluding hydrogens is 407 g/mol. The summed E-state index contributed by atoms with van der Waals surface area (Å²) in [6.45, 7) is 6.23. The van der Waals surface area contributed by atoms with Crippen molar-refractivity contribution in [1.29, 1.82) is 0 Å². The third-order valence-electron chi connectivity index (χ3n) is 3.83. The van der Waals surface area contributed by atoms with Gasteiger partial charge in [-0.2, -0.15) is 0 Å². The van der Waals surface area contributed by atoms with E-state index in [4.69, 9.17) is 14.0 Å². The molecule has 0 fully saturated rings. The Morgan fingerprint density at radius 3 is 1.50 bits per heavy atom. The van der Waals surface area contributed by atoms with Crippen LogP contribution in [0.3, 0.4) is 0 Å². The first-order chi connectivity index (χ1) is 13.6. The van der Waals surface area contributed by atoms with Gasteiger partial charge < -0.3 is 14.0 Å². The van der Waals surface area contributed by atoms with E-state index in [1.54, 1.807) is 23.5 Å². The topological polar surface area (TPSA) is 27.7 Å². The first-order valence-corrected chi connectivity index (χ1v) is 12.0. The average Bonchev–Trinajstić information content (AvgIpc) is 2.74. The van der Waals surface area contributed by atoms with Crippen LogP contribution < -0.4 is 0 Å². The summed E-state index contributed by atoms with van der Waals surface area (Å²) in [5, 5.41) is 0. The summed E-state index contributed by atoms with van der Waals surface area (Å²) < 4.78 is 18.3. The maximum atomic E-state index is 6.20. The van der Waals surface area contributed by atoms with Crippen molar-refractivity contribution in [3.63, 3.8) is 0 Å². The van der Waals surface area contributed by atoms with E-state index in [0.717, 1.165) is 29.1 Å². The van der Waals surface area contributed by atoms with Crippen LogP contribution in [0.1, 0.15) is 40.0 Å². The van der Waals surface area contributed by atoms with E-state index in [0.29, 0.717) is 0 Å². The Labute approximate surface area is 183 Å². The number of thioether (sulfide) groups is 2. The number of hydrogen-bond acceptors (Lipinski definition) is 6. The van der Waals surface area contributed by atoms with Crippen molar-refractivity contribution in [2.45, 2.75) is 66.1 Å². The lowest BCUT2D eigenvalue weighted by Gasteiger charge is -2.26. The number of benzene rings is 2. The third kappa shape index (κ3) is 8.85. The minimum absolute atomic E-state index is 0.0657. The van der Waals surface area contributed by atoms with Gasteiger partial charge in [-0.1, -0.05) is 80.7 Å². The zero-order valence-electron chi connectivity index (χ0n) is 16.7. The highest BCUT2D eigenvalue weighted by Gasteiger charge is 2.31. The molecule has 7 heteroatoms. The van der Waals surface area contributed by atoms with E-state index in [1.165, 1.54) is 0 Å². The van der Waals surface area contributed by atoms with Gasteiger partial charge in [-0.05, 0) is 43.5 Å². The van der Waals surface area contributed by atoms with Crippen LogP contribution >= 0.6 is 36.2 Å². The fourth-order valence-corrected chi connectivity index (χ4v) is 4.25. The Kier molecular flexibility index (Phi) is 11.5. The van der Waals surface area contributed by atoms with Crippen LogP contribution in [0.2, 0.25) is 0 Å². The van der Waals surface area contributed by atoms with Crippen LogP contribution in [0, 0.1) is 0 Å². The lowest BCUT2D eigenvalue weighted by molar-refractivity contribution is 0.0671. The zero-order valence-corrected chi connectivity index (χ0v) is 19.2. The van der Waals surface area contributed by atoms with E-state index in [9.17, 15) is 0 Å². The summed E-state index contributed by atoms with van der Waals surface area (Å²) in [6, 6.07) is 20.5. The van der Waals surface area contributed by atoms with Crippen LogP contribution in [0.25, 0.3) is 0 Å². The SMILES string of the molecule is CCC(S)OB(OC(CC)Sc1ccccc1)OC(CC)Sc1ccccc1. The van der Waals surface area contributed by atoms with E-state index in [1.807, 2.05) is 43.3 Å². The quantitative estimate of drug-likeness (QED) is 0.162. The van der Waals surface area contributed by atoms with Crippen molar-refractivity contribution >= 4 is 43.5 Å². The summed E-state index contributed by atoms with van der Waals surface area (Å²) in [6.07, 6.45) is 2.46. The largest absolute Gasteiger partial charge is 0.641 e. The maximum absolute atomic E-state index is 6.20. The van der Waals surface area contributed by atoms with Gasteiger partial charge in [-0.3, -0.25) is 0 Å². The van der Waals surface area contributed by atoms with E-state index in [-0.39, 0.29) is 16.3 Å². The van der Waals surface area contributed by atoms with Gasteiger partial charge in [-0.25, -0.2) is 0 Å². The molecule has 0 aliphatic carbocycles. The Balaban J connectivity index is 2.02. The zero-order chi connectivity index (χ0) is 20.2. The van der Waals surface area contributed by atoms with Crippen molar-refractivity contribution in [1.82, 2.24) is 0 Å². The molecule has 0 radical (unpaired) electrons. The van der Waals surface area contributed by atoms with E-state index in [2.05, 4.69) is 50.7 Å². The Hall–Kier alpha value is -0.565. The van der Waals surface area contributed by atoms with Gasteiger partial charge in [0, 0.05) is 9.79 Å². The Morgan fingerprint density at radius 1 is 0.714 bits per heavy atom. The van der Waals surface area contributed by atoms with Crippen LogP contribution in [0.5, 0.6) is 0 Å². The molecule has 0 spiro atoms. The van der Waals surface area contributed by atoms with Crippen LogP contribution in [-0.4, -0.2) is 23.6 Å². The first kappa shape index (κ1) is 23.7. The van der Waals surface area contributed by atoms with Crippen molar-refractivity contribution < 1.29 is 14.0 Å². The molecule has 0 N–H and O–H groups in total. The summed E-state index contributed by atoms with van der Waals surface area (Å²) in [5.74, 6) is 0. The molecule has 2 aromatic carbocycles. The number of rotatable bonds is 13. The second kappa shape index (κ2) is 13.6. The van der Waals surface area contributed by atoms with Gasteiger partial charge in [0.15, 0.2) is 0 Å². The lowest BCUT2D eigenvalue weighted by atomic mass is 10.2. The maximum Gasteiger partial charge on any atom is 0.641 e. The highest BCUT2D eigenvalue weighted by Crippen LogP contribution is 2.30. The summed E-state index contributed by atoms with van der Waals surface area (Å²) >= 11 is 7.83. The van der Waals surface area contributed by atoms with Crippen LogP contribution in [-0.2, 0) is 14.0 Å². The van der Waals surface area contributed by atoms with Crippen molar-refractivity contribution in [3.05, 3.63) is 60.7 Å². The molecule has 0 saturated heterocycles. The summed E-state index contributed by atoms with van der Waals surface area (Å²) in [4.78, 5) is 2.33. The first-order valence-electron chi connectivity index (χ1n) is 9.72. The minimum Gasteiger partial charge on any atom is -0.374 e. The highest BCUT2D eigenvalue weighted by molar-refractivity contribution is 8.00.